The number of hydrogen-bond acceptors (Lipinski definition) is 1. The molecule has 2 nitrogen and oxygen atoms in total. The van der Waals surface area contributed by atoms with Gasteiger partial charge in [-0.2, -0.15) is 0 Å². The average Bonchev–Trinajstić information content (AvgIpc) is 3.25. The van der Waals surface area contributed by atoms with Gasteiger partial charge in [-0.25, -0.2) is 4.39 Å². The van der Waals surface area contributed by atoms with Crippen molar-refractivity contribution < 1.29 is 9.18 Å². The van der Waals surface area contributed by atoms with E-state index in [2.05, 4.69) is 5.32 Å². The maximum atomic E-state index is 13.7. The highest BCUT2D eigenvalue weighted by atomic mass is 35.5. The molecule has 21 heavy (non-hydrogen) atoms. The molecule has 4 heteroatoms. The summed E-state index contributed by atoms with van der Waals surface area (Å²) in [7, 11) is 0. The smallest absolute Gasteiger partial charge is 0.228 e. The second-order valence-electron chi connectivity index (χ2n) is 5.37. The van der Waals surface area contributed by atoms with Crippen LogP contribution in [0.3, 0.4) is 0 Å². The Morgan fingerprint density at radius 1 is 1.24 bits per heavy atom. The van der Waals surface area contributed by atoms with Gasteiger partial charge < -0.3 is 5.32 Å². The molecule has 0 aromatic heterocycles. The van der Waals surface area contributed by atoms with Gasteiger partial charge in [0.25, 0.3) is 0 Å². The predicted molar refractivity (Wildman–Crippen MR) is 82.1 cm³/mol. The van der Waals surface area contributed by atoms with Crippen molar-refractivity contribution in [2.45, 2.75) is 19.3 Å². The Balaban J connectivity index is 1.71. The lowest BCUT2D eigenvalue weighted by Crippen LogP contribution is -2.15. The Labute approximate surface area is 127 Å². The van der Waals surface area contributed by atoms with E-state index in [1.54, 1.807) is 30.3 Å². The lowest BCUT2D eigenvalue weighted by atomic mass is 10.1. The SMILES string of the molecule is Cc1c(Cl)cccc1NC(=O)C1CC1c1ccccc1F. The topological polar surface area (TPSA) is 29.1 Å². The van der Waals surface area contributed by atoms with Crippen molar-refractivity contribution in [2.24, 2.45) is 5.92 Å². The van der Waals surface area contributed by atoms with Gasteiger partial charge in [-0.15, -0.1) is 0 Å². The van der Waals surface area contributed by atoms with Crippen LogP contribution >= 0.6 is 11.6 Å². The summed E-state index contributed by atoms with van der Waals surface area (Å²) in [4.78, 5) is 12.3. The maximum absolute atomic E-state index is 13.7. The van der Waals surface area contributed by atoms with Gasteiger partial charge in [-0.05, 0) is 48.6 Å². The Kier molecular flexibility index (Phi) is 3.68. The molecule has 0 aliphatic heterocycles. The molecule has 1 N–H and O–H groups in total. The van der Waals surface area contributed by atoms with Crippen LogP contribution in [0, 0.1) is 18.7 Å². The minimum atomic E-state index is -0.239. The molecular weight excluding hydrogens is 289 g/mol. The van der Waals surface area contributed by atoms with Gasteiger partial charge in [0.1, 0.15) is 5.82 Å². The van der Waals surface area contributed by atoms with Crippen LogP contribution in [0.15, 0.2) is 42.5 Å². The van der Waals surface area contributed by atoms with E-state index in [0.29, 0.717) is 22.7 Å². The van der Waals surface area contributed by atoms with E-state index >= 15 is 0 Å². The highest BCUT2D eigenvalue weighted by molar-refractivity contribution is 6.31. The Bertz CT molecular complexity index is 701. The summed E-state index contributed by atoms with van der Waals surface area (Å²) < 4.78 is 13.7. The highest BCUT2D eigenvalue weighted by Crippen LogP contribution is 2.48. The number of nitrogens with one attached hydrogen (secondary N) is 1. The van der Waals surface area contributed by atoms with Gasteiger partial charge >= 0.3 is 0 Å². The fraction of sp³-hybridized carbons (Fsp3) is 0.235. The minimum Gasteiger partial charge on any atom is -0.326 e. The van der Waals surface area contributed by atoms with E-state index in [4.69, 9.17) is 11.6 Å². The van der Waals surface area contributed by atoms with Crippen molar-refractivity contribution in [1.82, 2.24) is 0 Å². The molecule has 0 radical (unpaired) electrons. The maximum Gasteiger partial charge on any atom is 0.228 e. The third kappa shape index (κ3) is 2.79. The third-order valence-corrected chi connectivity index (χ3v) is 4.37. The molecule has 2 atom stereocenters. The van der Waals surface area contributed by atoms with Crippen molar-refractivity contribution in [3.8, 4) is 0 Å². The highest BCUT2D eigenvalue weighted by Gasteiger charge is 2.45. The first-order valence-electron chi connectivity index (χ1n) is 6.88. The molecule has 2 aromatic carbocycles. The molecule has 0 saturated heterocycles. The number of carbonyl (C=O) groups is 1. The molecule has 1 amide bonds. The van der Waals surface area contributed by atoms with Crippen LogP contribution in [0.1, 0.15) is 23.5 Å². The fourth-order valence-electron chi connectivity index (χ4n) is 2.57. The van der Waals surface area contributed by atoms with Gasteiger partial charge in [0.15, 0.2) is 0 Å². The van der Waals surface area contributed by atoms with E-state index in [1.165, 1.54) is 6.07 Å². The van der Waals surface area contributed by atoms with Gasteiger partial charge in [0.05, 0.1) is 0 Å². The molecule has 2 aromatic rings. The normalized spacial score (nSPS) is 20.1. The number of amides is 1. The Morgan fingerprint density at radius 2 is 2.00 bits per heavy atom. The van der Waals surface area contributed by atoms with Crippen LogP contribution in [-0.2, 0) is 4.79 Å². The lowest BCUT2D eigenvalue weighted by Gasteiger charge is -2.09. The Morgan fingerprint density at radius 3 is 2.76 bits per heavy atom. The zero-order chi connectivity index (χ0) is 15.0. The number of carbonyl (C=O) groups excluding carboxylic acids is 1. The first-order valence-corrected chi connectivity index (χ1v) is 7.26. The summed E-state index contributed by atoms with van der Waals surface area (Å²) in [6.07, 6.45) is 0.687. The number of rotatable bonds is 3. The first-order chi connectivity index (χ1) is 10.1. The van der Waals surface area contributed by atoms with E-state index in [1.807, 2.05) is 13.0 Å². The summed E-state index contributed by atoms with van der Waals surface area (Å²) in [5.41, 5.74) is 2.18. The van der Waals surface area contributed by atoms with Crippen LogP contribution in [0.4, 0.5) is 10.1 Å². The summed E-state index contributed by atoms with van der Waals surface area (Å²) >= 11 is 6.04. The molecular formula is C17H15ClFNO. The van der Waals surface area contributed by atoms with Crippen LogP contribution < -0.4 is 5.32 Å². The van der Waals surface area contributed by atoms with Crippen LogP contribution in [0.25, 0.3) is 0 Å². The summed E-state index contributed by atoms with van der Waals surface area (Å²) in [6.45, 7) is 1.86. The zero-order valence-electron chi connectivity index (χ0n) is 11.6. The molecule has 1 aliphatic carbocycles. The minimum absolute atomic E-state index is 0.0225. The number of anilines is 1. The van der Waals surface area contributed by atoms with Gasteiger partial charge in [0, 0.05) is 16.6 Å². The number of hydrogen-bond donors (Lipinski definition) is 1. The van der Waals surface area contributed by atoms with Gasteiger partial charge in [-0.1, -0.05) is 35.9 Å². The average molecular weight is 304 g/mol. The zero-order valence-corrected chi connectivity index (χ0v) is 12.3. The standard InChI is InChI=1S/C17H15ClFNO/c1-10-14(18)6-4-8-16(10)20-17(21)13-9-12(13)11-5-2-3-7-15(11)19/h2-8,12-13H,9H2,1H3,(H,20,21). The van der Waals surface area contributed by atoms with Crippen molar-refractivity contribution in [3.05, 3.63) is 64.4 Å². The number of benzene rings is 2. The number of halogens is 2. The second-order valence-corrected chi connectivity index (χ2v) is 5.78. The quantitative estimate of drug-likeness (QED) is 0.887. The van der Waals surface area contributed by atoms with Crippen LogP contribution in [0.2, 0.25) is 5.02 Å². The van der Waals surface area contributed by atoms with E-state index < -0.39 is 0 Å². The molecule has 2 unspecified atom stereocenters. The Hall–Kier alpha value is -1.87. The molecule has 0 heterocycles. The van der Waals surface area contributed by atoms with Gasteiger partial charge in [-0.3, -0.25) is 4.79 Å². The largest absolute Gasteiger partial charge is 0.326 e. The monoisotopic (exact) mass is 303 g/mol. The second kappa shape index (κ2) is 5.49. The summed E-state index contributed by atoms with van der Waals surface area (Å²) in [6, 6.07) is 12.0. The first kappa shape index (κ1) is 14.1. The molecule has 1 aliphatic rings. The molecule has 1 saturated carbocycles. The van der Waals surface area contributed by atoms with Crippen molar-refractivity contribution in [1.29, 1.82) is 0 Å². The predicted octanol–water partition coefficient (Wildman–Crippen LogP) is 4.53. The third-order valence-electron chi connectivity index (χ3n) is 3.96. The van der Waals surface area contributed by atoms with Gasteiger partial charge in [0.2, 0.25) is 5.91 Å². The molecule has 3 rings (SSSR count). The van der Waals surface area contributed by atoms with Crippen LogP contribution in [0.5, 0.6) is 0 Å². The lowest BCUT2D eigenvalue weighted by molar-refractivity contribution is -0.117. The summed E-state index contributed by atoms with van der Waals surface area (Å²) in [5, 5.41) is 3.51. The fourth-order valence-corrected chi connectivity index (χ4v) is 2.75. The van der Waals surface area contributed by atoms with Crippen molar-refractivity contribution in [2.75, 3.05) is 5.32 Å². The molecule has 1 fully saturated rings. The van der Waals surface area contributed by atoms with Crippen molar-refractivity contribution in [3.63, 3.8) is 0 Å². The van der Waals surface area contributed by atoms with E-state index in [0.717, 1.165) is 5.56 Å². The molecule has 108 valence electrons. The van der Waals surface area contributed by atoms with Crippen molar-refractivity contribution >= 4 is 23.2 Å². The van der Waals surface area contributed by atoms with E-state index in [-0.39, 0.29) is 23.6 Å². The van der Waals surface area contributed by atoms with Crippen LogP contribution in [-0.4, -0.2) is 5.91 Å². The molecule has 0 spiro atoms. The molecule has 0 bridgehead atoms. The van der Waals surface area contributed by atoms with E-state index in [9.17, 15) is 9.18 Å². The summed E-state index contributed by atoms with van der Waals surface area (Å²) in [5.74, 6) is -0.503.